The number of hydrogen-bond acceptors (Lipinski definition) is 6. The van der Waals surface area contributed by atoms with Crippen LogP contribution in [0.5, 0.6) is 0 Å². The highest BCUT2D eigenvalue weighted by atomic mass is 31.2. The van der Waals surface area contributed by atoms with Crippen molar-refractivity contribution >= 4 is 13.7 Å². The Morgan fingerprint density at radius 3 is 1.20 bits per heavy atom. The van der Waals surface area contributed by atoms with Gasteiger partial charge in [0.1, 0.15) is 13.2 Å². The Labute approximate surface area is 349 Å². The van der Waals surface area contributed by atoms with Crippen LogP contribution >= 0.6 is 7.82 Å². The molecule has 8 nitrogen and oxygen atoms in total. The maximum absolute atomic E-state index is 12.4. The van der Waals surface area contributed by atoms with Crippen molar-refractivity contribution in [3.8, 4) is 0 Å². The third-order valence-electron chi connectivity index (χ3n) is 11.3. The molecule has 3 unspecified atom stereocenters. The lowest BCUT2D eigenvalue weighted by Crippen LogP contribution is -2.46. The number of carbonyl (C=O) groups excluding carboxylic acids is 1. The molecule has 0 aromatic rings. The van der Waals surface area contributed by atoms with Gasteiger partial charge in [0.15, 0.2) is 0 Å². The number of amides is 1. The number of aliphatic hydroxyl groups is 1. The van der Waals surface area contributed by atoms with Gasteiger partial charge in [-0.15, -0.1) is 0 Å². The van der Waals surface area contributed by atoms with Crippen molar-refractivity contribution in [3.63, 3.8) is 0 Å². The van der Waals surface area contributed by atoms with E-state index in [4.69, 9.17) is 9.05 Å². The first-order valence-corrected chi connectivity index (χ1v) is 25.8. The minimum Gasteiger partial charge on any atom is -0.756 e. The second-order valence-electron chi connectivity index (χ2n) is 18.2. The molecular formula is C47H97N2O6P. The number of unbranched alkanes of at least 4 members (excludes halogenated alkanes) is 32. The summed E-state index contributed by atoms with van der Waals surface area (Å²) in [5, 5.41) is 13.6. The molecule has 0 aliphatic heterocycles. The van der Waals surface area contributed by atoms with Crippen LogP contribution < -0.4 is 10.2 Å². The van der Waals surface area contributed by atoms with Crippen molar-refractivity contribution in [3.05, 3.63) is 0 Å². The fraction of sp³-hybridized carbons (Fsp3) is 0.979. The molecule has 9 heteroatoms. The van der Waals surface area contributed by atoms with Crippen molar-refractivity contribution in [2.24, 2.45) is 0 Å². The van der Waals surface area contributed by atoms with Crippen LogP contribution in [0.3, 0.4) is 0 Å². The van der Waals surface area contributed by atoms with Crippen molar-refractivity contribution in [1.29, 1.82) is 0 Å². The zero-order valence-corrected chi connectivity index (χ0v) is 39.0. The number of quaternary nitrogens is 1. The van der Waals surface area contributed by atoms with Gasteiger partial charge >= 0.3 is 0 Å². The summed E-state index contributed by atoms with van der Waals surface area (Å²) in [5.41, 5.74) is 0. The minimum atomic E-state index is -4.53. The van der Waals surface area contributed by atoms with E-state index in [1.165, 1.54) is 186 Å². The average molecular weight is 817 g/mol. The summed E-state index contributed by atoms with van der Waals surface area (Å²) in [6, 6.07) is -0.790. The predicted molar refractivity (Wildman–Crippen MR) is 238 cm³/mol. The number of likely N-dealkylation sites (N-methyl/N-ethyl adjacent to an activating group) is 1. The zero-order chi connectivity index (χ0) is 41.4. The van der Waals surface area contributed by atoms with Crippen LogP contribution in [0.1, 0.15) is 245 Å². The standard InChI is InChI=1S/C47H97N2O6P/c1-6-8-10-11-12-13-14-15-16-17-18-19-20-21-22-23-24-25-26-27-28-29-30-31-32-33-34-35-36-37-38-39-40-46(50)45(48-47(51)41-9-7-2)44-55-56(52,53)54-43-42-49(3,4)5/h45-46,50H,6-44H2,1-5H3,(H-,48,51,52,53). The highest BCUT2D eigenvalue weighted by Crippen LogP contribution is 2.38. The maximum Gasteiger partial charge on any atom is 0.268 e. The fourth-order valence-corrected chi connectivity index (χ4v) is 8.15. The van der Waals surface area contributed by atoms with E-state index in [2.05, 4.69) is 12.2 Å². The lowest BCUT2D eigenvalue weighted by atomic mass is 10.0. The van der Waals surface area contributed by atoms with Crippen LogP contribution in [0, 0.1) is 0 Å². The number of nitrogens with zero attached hydrogens (tertiary/aromatic N) is 1. The second-order valence-corrected chi connectivity index (χ2v) is 19.6. The van der Waals surface area contributed by atoms with E-state index in [-0.39, 0.29) is 19.1 Å². The lowest BCUT2D eigenvalue weighted by Gasteiger charge is -2.30. The molecule has 0 rings (SSSR count). The fourth-order valence-electron chi connectivity index (χ4n) is 7.43. The molecule has 336 valence electrons. The molecule has 0 aliphatic carbocycles. The monoisotopic (exact) mass is 817 g/mol. The van der Waals surface area contributed by atoms with E-state index in [0.717, 1.165) is 32.1 Å². The van der Waals surface area contributed by atoms with Gasteiger partial charge in [0.05, 0.1) is 39.9 Å². The van der Waals surface area contributed by atoms with Gasteiger partial charge in [0.2, 0.25) is 5.91 Å². The van der Waals surface area contributed by atoms with Gasteiger partial charge in [-0.05, 0) is 12.8 Å². The third kappa shape index (κ3) is 41.7. The molecule has 3 atom stereocenters. The van der Waals surface area contributed by atoms with Gasteiger partial charge in [-0.3, -0.25) is 9.36 Å². The summed E-state index contributed by atoms with van der Waals surface area (Å²) >= 11 is 0. The first kappa shape index (κ1) is 55.5. The van der Waals surface area contributed by atoms with Crippen LogP contribution in [0.4, 0.5) is 0 Å². The number of aliphatic hydroxyl groups excluding tert-OH is 1. The van der Waals surface area contributed by atoms with Gasteiger partial charge < -0.3 is 28.8 Å². The molecule has 0 fully saturated rings. The summed E-state index contributed by atoms with van der Waals surface area (Å²) in [5.74, 6) is -0.197. The van der Waals surface area contributed by atoms with E-state index in [1.54, 1.807) is 0 Å². The SMILES string of the molecule is CCCCCCCCCCCCCCCCCCCCCCCCCCCCCCCCCCC(O)C(COP(=O)([O-])OCC[N+](C)(C)C)NC(=O)CCCC. The van der Waals surface area contributed by atoms with Gasteiger partial charge in [0.25, 0.3) is 7.82 Å². The van der Waals surface area contributed by atoms with E-state index >= 15 is 0 Å². The summed E-state index contributed by atoms with van der Waals surface area (Å²) in [4.78, 5) is 24.7. The first-order chi connectivity index (χ1) is 27.0. The Hall–Kier alpha value is -0.500. The maximum atomic E-state index is 12.4. The molecule has 0 aromatic heterocycles. The van der Waals surface area contributed by atoms with Gasteiger partial charge in [-0.1, -0.05) is 226 Å². The number of carbonyl (C=O) groups is 1. The quantitative estimate of drug-likeness (QED) is 0.0360. The number of nitrogens with one attached hydrogen (secondary N) is 1. The third-order valence-corrected chi connectivity index (χ3v) is 12.3. The van der Waals surface area contributed by atoms with Crippen molar-refractivity contribution in [2.45, 2.75) is 257 Å². The summed E-state index contributed by atoms with van der Waals surface area (Å²) in [6.07, 6.45) is 45.5. The smallest absolute Gasteiger partial charge is 0.268 e. The van der Waals surface area contributed by atoms with Gasteiger partial charge in [-0.2, -0.15) is 0 Å². The van der Waals surface area contributed by atoms with Crippen LogP contribution in [0.25, 0.3) is 0 Å². The molecule has 0 heterocycles. The number of phosphoric ester groups is 1. The average Bonchev–Trinajstić information content (AvgIpc) is 3.15. The van der Waals surface area contributed by atoms with Gasteiger partial charge in [0, 0.05) is 6.42 Å². The largest absolute Gasteiger partial charge is 0.756 e. The van der Waals surface area contributed by atoms with E-state index in [1.807, 2.05) is 28.1 Å². The molecule has 0 aromatic carbocycles. The summed E-state index contributed by atoms with van der Waals surface area (Å²) in [6.45, 7) is 4.50. The van der Waals surface area contributed by atoms with E-state index < -0.39 is 20.0 Å². The Bertz CT molecular complexity index is 885. The first-order valence-electron chi connectivity index (χ1n) is 24.4. The Morgan fingerprint density at radius 1 is 0.554 bits per heavy atom. The van der Waals surface area contributed by atoms with Crippen LogP contribution in [-0.4, -0.2) is 68.5 Å². The molecule has 0 bridgehead atoms. The summed E-state index contributed by atoms with van der Waals surface area (Å²) in [7, 11) is 1.31. The number of hydrogen-bond donors (Lipinski definition) is 2. The number of phosphoric acid groups is 1. The molecule has 0 radical (unpaired) electrons. The Kier molecular flexibility index (Phi) is 39.6. The predicted octanol–water partition coefficient (Wildman–Crippen LogP) is 13.1. The van der Waals surface area contributed by atoms with Crippen molar-refractivity contribution in [1.82, 2.24) is 5.32 Å². The molecule has 0 spiro atoms. The van der Waals surface area contributed by atoms with Crippen LogP contribution in [0.15, 0.2) is 0 Å². The highest BCUT2D eigenvalue weighted by Gasteiger charge is 2.24. The molecule has 0 aliphatic rings. The Balaban J connectivity index is 3.66. The summed E-state index contributed by atoms with van der Waals surface area (Å²) < 4.78 is 23.0. The van der Waals surface area contributed by atoms with E-state index in [0.29, 0.717) is 23.9 Å². The molecule has 0 saturated carbocycles. The number of rotatable bonds is 45. The topological polar surface area (TPSA) is 108 Å². The molecule has 0 saturated heterocycles. The minimum absolute atomic E-state index is 0.0139. The molecule has 2 N–H and O–H groups in total. The molecule has 56 heavy (non-hydrogen) atoms. The van der Waals surface area contributed by atoms with Gasteiger partial charge in [-0.25, -0.2) is 0 Å². The normalized spacial score (nSPS) is 14.2. The highest BCUT2D eigenvalue weighted by molar-refractivity contribution is 7.45. The van der Waals surface area contributed by atoms with Crippen LogP contribution in [0.2, 0.25) is 0 Å². The lowest BCUT2D eigenvalue weighted by molar-refractivity contribution is -0.870. The Morgan fingerprint density at radius 2 is 0.875 bits per heavy atom. The van der Waals surface area contributed by atoms with E-state index in [9.17, 15) is 19.4 Å². The molecule has 1 amide bonds. The molecular weight excluding hydrogens is 719 g/mol. The van der Waals surface area contributed by atoms with Crippen molar-refractivity contribution < 1.29 is 32.9 Å². The second kappa shape index (κ2) is 39.9. The zero-order valence-electron chi connectivity index (χ0n) is 38.1. The van der Waals surface area contributed by atoms with Crippen LogP contribution in [-0.2, 0) is 18.4 Å². The van der Waals surface area contributed by atoms with Crippen molar-refractivity contribution in [2.75, 3.05) is 40.9 Å².